The lowest BCUT2D eigenvalue weighted by molar-refractivity contribution is 0.104. The zero-order valence-electron chi connectivity index (χ0n) is 9.24. The van der Waals surface area contributed by atoms with Crippen molar-refractivity contribution in [1.29, 1.82) is 0 Å². The maximum absolute atomic E-state index is 5.35. The molecule has 15 heavy (non-hydrogen) atoms. The lowest BCUT2D eigenvalue weighted by Crippen LogP contribution is -2.23. The second-order valence-electron chi connectivity index (χ2n) is 5.06. The number of allylic oxidation sites excluding steroid dienone is 2. The van der Waals surface area contributed by atoms with Gasteiger partial charge in [-0.05, 0) is 24.0 Å². The number of fused-ring (bicyclic) bond motifs is 1. The molecule has 2 unspecified atom stereocenters. The average molecular weight is 207 g/mol. The van der Waals surface area contributed by atoms with E-state index in [-0.39, 0.29) is 18.9 Å². The molecule has 0 saturated carbocycles. The predicted molar refractivity (Wildman–Crippen MR) is 64.9 cm³/mol. The Morgan fingerprint density at radius 3 is 2.60 bits per heavy atom. The van der Waals surface area contributed by atoms with Crippen LogP contribution < -0.4 is 0 Å². The summed E-state index contributed by atoms with van der Waals surface area (Å²) in [7, 11) is 0. The van der Waals surface area contributed by atoms with Crippen LogP contribution >= 0.6 is 0 Å². The number of nitrogens with zero attached hydrogens (tertiary/aromatic N) is 1. The van der Waals surface area contributed by atoms with Crippen LogP contribution in [0.25, 0.3) is 0 Å². The summed E-state index contributed by atoms with van der Waals surface area (Å²) in [4.78, 5) is 5.35. The molecule has 84 valence electrons. The van der Waals surface area contributed by atoms with Crippen molar-refractivity contribution < 1.29 is 4.84 Å². The third kappa shape index (κ3) is 2.14. The molecule has 0 spiro atoms. The first kappa shape index (κ1) is 12.0. The summed E-state index contributed by atoms with van der Waals surface area (Å²) >= 11 is 0. The Bertz CT molecular complexity index is 331. The Hall–Kier alpha value is -1.05. The van der Waals surface area contributed by atoms with E-state index in [0.29, 0.717) is 5.92 Å². The summed E-state index contributed by atoms with van der Waals surface area (Å²) in [6.45, 7) is 8.66. The maximum atomic E-state index is 5.35. The molecular weight excluding hydrogens is 186 g/mol. The van der Waals surface area contributed by atoms with E-state index >= 15 is 0 Å². The highest BCUT2D eigenvalue weighted by Gasteiger charge is 2.32. The third-order valence-corrected chi connectivity index (χ3v) is 2.85. The van der Waals surface area contributed by atoms with Gasteiger partial charge in [-0.15, -0.1) is 0 Å². The predicted octanol–water partition coefficient (Wildman–Crippen LogP) is 3.56. The molecule has 2 rings (SSSR count). The van der Waals surface area contributed by atoms with Crippen molar-refractivity contribution in [3.8, 4) is 0 Å². The van der Waals surface area contributed by atoms with Crippen LogP contribution in [-0.2, 0) is 4.84 Å². The highest BCUT2D eigenvalue weighted by atomic mass is 16.6. The number of hydrogen-bond acceptors (Lipinski definition) is 2. The number of hydrogen-bond donors (Lipinski definition) is 0. The first-order chi connectivity index (χ1) is 6.48. The standard InChI is InChI=1S/C12H17NO.CH4/c1-8-10-6-5-9(12(2,3)4)7-11(10)14-13-8;/h5-7,10-11H,1-4H3;1H4. The summed E-state index contributed by atoms with van der Waals surface area (Å²) in [6, 6.07) is 0. The Labute approximate surface area is 92.7 Å². The van der Waals surface area contributed by atoms with Crippen molar-refractivity contribution in [2.24, 2.45) is 16.5 Å². The van der Waals surface area contributed by atoms with Gasteiger partial charge in [0.05, 0.1) is 11.6 Å². The molecule has 2 nitrogen and oxygen atoms in total. The van der Waals surface area contributed by atoms with Gasteiger partial charge in [0.15, 0.2) is 6.10 Å². The van der Waals surface area contributed by atoms with Crippen LogP contribution in [-0.4, -0.2) is 11.8 Å². The van der Waals surface area contributed by atoms with E-state index in [1.807, 2.05) is 6.92 Å². The van der Waals surface area contributed by atoms with Crippen LogP contribution in [0, 0.1) is 11.3 Å². The minimum absolute atomic E-state index is 0. The van der Waals surface area contributed by atoms with Crippen molar-refractivity contribution in [2.75, 3.05) is 0 Å². The normalized spacial score (nSPS) is 28.5. The van der Waals surface area contributed by atoms with Crippen molar-refractivity contribution in [3.05, 3.63) is 23.8 Å². The van der Waals surface area contributed by atoms with Gasteiger partial charge >= 0.3 is 0 Å². The molecule has 2 atom stereocenters. The average Bonchev–Trinajstić information content (AvgIpc) is 2.46. The van der Waals surface area contributed by atoms with E-state index in [9.17, 15) is 0 Å². The summed E-state index contributed by atoms with van der Waals surface area (Å²) < 4.78 is 0. The minimum Gasteiger partial charge on any atom is -0.387 e. The molecule has 0 fully saturated rings. The van der Waals surface area contributed by atoms with Gasteiger partial charge in [0.1, 0.15) is 0 Å². The molecular formula is C13H21NO. The number of oxime groups is 1. The van der Waals surface area contributed by atoms with Crippen molar-refractivity contribution >= 4 is 5.71 Å². The Morgan fingerprint density at radius 1 is 1.33 bits per heavy atom. The highest BCUT2D eigenvalue weighted by molar-refractivity contribution is 5.87. The van der Waals surface area contributed by atoms with Crippen LogP contribution in [0.1, 0.15) is 35.1 Å². The van der Waals surface area contributed by atoms with Crippen molar-refractivity contribution in [2.45, 2.75) is 41.2 Å². The minimum atomic E-state index is 0. The first-order valence-corrected chi connectivity index (χ1v) is 5.09. The van der Waals surface area contributed by atoms with E-state index in [0.717, 1.165) is 5.71 Å². The Balaban J connectivity index is 0.00000112. The lowest BCUT2D eigenvalue weighted by Gasteiger charge is -2.26. The quantitative estimate of drug-likeness (QED) is 0.595. The van der Waals surface area contributed by atoms with Gasteiger partial charge < -0.3 is 4.84 Å². The molecule has 1 aliphatic carbocycles. The molecule has 0 N–H and O–H groups in total. The molecule has 0 radical (unpaired) electrons. The fourth-order valence-corrected chi connectivity index (χ4v) is 1.83. The van der Waals surface area contributed by atoms with Crippen molar-refractivity contribution in [1.82, 2.24) is 0 Å². The molecule has 0 amide bonds. The lowest BCUT2D eigenvalue weighted by atomic mass is 9.80. The third-order valence-electron chi connectivity index (χ3n) is 2.85. The van der Waals surface area contributed by atoms with Gasteiger partial charge in [-0.2, -0.15) is 0 Å². The zero-order chi connectivity index (χ0) is 10.3. The van der Waals surface area contributed by atoms with Gasteiger partial charge in [0.2, 0.25) is 0 Å². The van der Waals surface area contributed by atoms with Crippen LogP contribution in [0.15, 0.2) is 29.0 Å². The van der Waals surface area contributed by atoms with Crippen LogP contribution in [0.3, 0.4) is 0 Å². The topological polar surface area (TPSA) is 21.6 Å². The van der Waals surface area contributed by atoms with Gasteiger partial charge in [0, 0.05) is 0 Å². The molecule has 0 aromatic carbocycles. The maximum Gasteiger partial charge on any atom is 0.157 e. The zero-order valence-corrected chi connectivity index (χ0v) is 9.24. The molecule has 2 aliphatic rings. The van der Waals surface area contributed by atoms with E-state index in [2.05, 4.69) is 44.2 Å². The van der Waals surface area contributed by atoms with E-state index in [1.165, 1.54) is 5.57 Å². The van der Waals surface area contributed by atoms with Gasteiger partial charge in [0.25, 0.3) is 0 Å². The highest BCUT2D eigenvalue weighted by Crippen LogP contribution is 2.34. The Kier molecular flexibility index (Phi) is 3.08. The Morgan fingerprint density at radius 2 is 2.00 bits per heavy atom. The van der Waals surface area contributed by atoms with Crippen molar-refractivity contribution in [3.63, 3.8) is 0 Å². The molecule has 0 saturated heterocycles. The fourth-order valence-electron chi connectivity index (χ4n) is 1.83. The van der Waals surface area contributed by atoms with E-state index in [4.69, 9.17) is 4.84 Å². The van der Waals surface area contributed by atoms with Gasteiger partial charge in [-0.1, -0.05) is 45.5 Å². The number of rotatable bonds is 0. The SMILES string of the molecule is C.CC1=NOC2C=C(C(C)(C)C)C=CC12. The molecule has 1 aliphatic heterocycles. The van der Waals surface area contributed by atoms with Crippen LogP contribution in [0.4, 0.5) is 0 Å². The van der Waals surface area contributed by atoms with E-state index in [1.54, 1.807) is 0 Å². The molecule has 1 heterocycles. The van der Waals surface area contributed by atoms with Gasteiger partial charge in [-0.25, -0.2) is 0 Å². The fraction of sp³-hybridized carbons (Fsp3) is 0.615. The van der Waals surface area contributed by atoms with E-state index < -0.39 is 0 Å². The smallest absolute Gasteiger partial charge is 0.157 e. The van der Waals surface area contributed by atoms with Crippen LogP contribution in [0.2, 0.25) is 0 Å². The largest absolute Gasteiger partial charge is 0.387 e. The summed E-state index contributed by atoms with van der Waals surface area (Å²) in [5, 5.41) is 4.02. The van der Waals surface area contributed by atoms with Gasteiger partial charge in [-0.3, -0.25) is 0 Å². The second kappa shape index (κ2) is 3.84. The second-order valence-corrected chi connectivity index (χ2v) is 5.06. The molecule has 0 bridgehead atoms. The molecule has 2 heteroatoms. The molecule has 0 aromatic rings. The van der Waals surface area contributed by atoms with Crippen LogP contribution in [0.5, 0.6) is 0 Å². The molecule has 0 aromatic heterocycles. The summed E-state index contributed by atoms with van der Waals surface area (Å²) in [5.41, 5.74) is 2.61. The summed E-state index contributed by atoms with van der Waals surface area (Å²) in [5.74, 6) is 0.362. The first-order valence-electron chi connectivity index (χ1n) is 5.09. The summed E-state index contributed by atoms with van der Waals surface area (Å²) in [6.07, 6.45) is 6.74. The monoisotopic (exact) mass is 207 g/mol.